The van der Waals surface area contributed by atoms with E-state index < -0.39 is 0 Å². The van der Waals surface area contributed by atoms with Crippen LogP contribution in [0.3, 0.4) is 0 Å². The minimum atomic E-state index is -0.188. The molecule has 0 bridgehead atoms. The number of likely N-dealkylation sites (tertiary alicyclic amines) is 1. The van der Waals surface area contributed by atoms with Crippen LogP contribution in [0.15, 0.2) is 16.9 Å². The van der Waals surface area contributed by atoms with Crippen LogP contribution in [-0.4, -0.2) is 33.7 Å². The first-order valence-electron chi connectivity index (χ1n) is 6.60. The van der Waals surface area contributed by atoms with Gasteiger partial charge in [-0.2, -0.15) is 5.10 Å². The minimum absolute atomic E-state index is 0.00930. The van der Waals surface area contributed by atoms with E-state index in [0.29, 0.717) is 5.92 Å². The third-order valence-corrected chi connectivity index (χ3v) is 3.63. The van der Waals surface area contributed by atoms with Crippen LogP contribution in [0.4, 0.5) is 0 Å². The molecule has 1 aliphatic carbocycles. The van der Waals surface area contributed by atoms with Crippen molar-refractivity contribution >= 4 is 5.91 Å². The van der Waals surface area contributed by atoms with Gasteiger partial charge in [-0.25, -0.2) is 4.68 Å². The Morgan fingerprint density at radius 1 is 1.28 bits per heavy atom. The molecule has 3 rings (SSSR count). The Morgan fingerprint density at radius 2 is 2.00 bits per heavy atom. The third-order valence-electron chi connectivity index (χ3n) is 3.63. The van der Waals surface area contributed by atoms with Gasteiger partial charge in [-0.1, -0.05) is 0 Å². The van der Waals surface area contributed by atoms with Gasteiger partial charge in [-0.05, 0) is 31.7 Å². The van der Waals surface area contributed by atoms with Crippen molar-refractivity contribution in [2.24, 2.45) is 0 Å². The van der Waals surface area contributed by atoms with Gasteiger partial charge in [-0.15, -0.1) is 0 Å². The van der Waals surface area contributed by atoms with Gasteiger partial charge >= 0.3 is 0 Å². The van der Waals surface area contributed by atoms with Crippen LogP contribution in [0.2, 0.25) is 0 Å². The van der Waals surface area contributed by atoms with Crippen molar-refractivity contribution in [3.05, 3.63) is 28.2 Å². The van der Waals surface area contributed by atoms with Crippen molar-refractivity contribution in [2.75, 3.05) is 13.1 Å². The first-order chi connectivity index (χ1) is 8.74. The zero-order chi connectivity index (χ0) is 12.5. The average Bonchev–Trinajstić information content (AvgIpc) is 3.06. The number of hydrogen-bond acceptors (Lipinski definition) is 3. The third kappa shape index (κ3) is 2.30. The summed E-state index contributed by atoms with van der Waals surface area (Å²) in [5.41, 5.74) is 0.760. The SMILES string of the molecule is O=C(Cn1nc(C2CC2)ccc1=O)N1CCCC1. The Kier molecular flexibility index (Phi) is 2.89. The number of hydrogen-bond donors (Lipinski definition) is 0. The number of amides is 1. The van der Waals surface area contributed by atoms with E-state index in [2.05, 4.69) is 5.10 Å². The summed E-state index contributed by atoms with van der Waals surface area (Å²) in [7, 11) is 0. The van der Waals surface area contributed by atoms with Crippen molar-refractivity contribution in [3.8, 4) is 0 Å². The second-order valence-corrected chi connectivity index (χ2v) is 5.12. The highest BCUT2D eigenvalue weighted by Gasteiger charge is 2.26. The highest BCUT2D eigenvalue weighted by Crippen LogP contribution is 2.38. The summed E-state index contributed by atoms with van der Waals surface area (Å²) in [6.07, 6.45) is 4.42. The molecule has 2 fully saturated rings. The maximum absolute atomic E-state index is 12.0. The van der Waals surface area contributed by atoms with Crippen molar-refractivity contribution in [1.82, 2.24) is 14.7 Å². The van der Waals surface area contributed by atoms with E-state index in [1.165, 1.54) is 10.7 Å². The Morgan fingerprint density at radius 3 is 2.67 bits per heavy atom. The van der Waals surface area contributed by atoms with Gasteiger partial charge < -0.3 is 4.90 Å². The predicted molar refractivity (Wildman–Crippen MR) is 66.3 cm³/mol. The molecule has 1 amide bonds. The lowest BCUT2D eigenvalue weighted by Crippen LogP contribution is -2.35. The van der Waals surface area contributed by atoms with Gasteiger partial charge in [0.05, 0.1) is 5.69 Å². The highest BCUT2D eigenvalue weighted by atomic mass is 16.2. The first-order valence-corrected chi connectivity index (χ1v) is 6.60. The number of rotatable bonds is 3. The number of carbonyl (C=O) groups excluding carboxylic acids is 1. The van der Waals surface area contributed by atoms with Gasteiger partial charge in [0.2, 0.25) is 5.91 Å². The van der Waals surface area contributed by atoms with Crippen molar-refractivity contribution in [3.63, 3.8) is 0 Å². The van der Waals surface area contributed by atoms with Crippen LogP contribution in [0, 0.1) is 0 Å². The molecule has 1 aromatic heterocycles. The molecular weight excluding hydrogens is 230 g/mol. The monoisotopic (exact) mass is 247 g/mol. The quantitative estimate of drug-likeness (QED) is 0.791. The fourth-order valence-corrected chi connectivity index (χ4v) is 2.37. The molecular formula is C13H17N3O2. The van der Waals surface area contributed by atoms with Crippen molar-refractivity contribution in [2.45, 2.75) is 38.1 Å². The summed E-state index contributed by atoms with van der Waals surface area (Å²) in [4.78, 5) is 25.5. The standard InChI is InChI=1S/C13H17N3O2/c17-12-6-5-11(10-3-4-10)14-16(12)9-13(18)15-7-1-2-8-15/h5-6,10H,1-4,7-9H2. The number of carbonyl (C=O) groups is 1. The second-order valence-electron chi connectivity index (χ2n) is 5.12. The molecule has 2 aliphatic rings. The molecule has 96 valence electrons. The summed E-state index contributed by atoms with van der Waals surface area (Å²) in [5.74, 6) is 0.508. The van der Waals surface area contributed by atoms with E-state index in [9.17, 15) is 9.59 Å². The maximum Gasteiger partial charge on any atom is 0.267 e. The lowest BCUT2D eigenvalue weighted by atomic mass is 10.3. The Hall–Kier alpha value is -1.65. The molecule has 0 atom stereocenters. The molecule has 0 spiro atoms. The van der Waals surface area contributed by atoms with E-state index in [1.54, 1.807) is 6.07 Å². The molecule has 1 aromatic rings. The Labute approximate surface area is 105 Å². The van der Waals surface area contributed by atoms with Gasteiger partial charge in [0.25, 0.3) is 5.56 Å². The van der Waals surface area contributed by atoms with Gasteiger partial charge in [0.15, 0.2) is 0 Å². The van der Waals surface area contributed by atoms with E-state index in [0.717, 1.165) is 44.5 Å². The minimum Gasteiger partial charge on any atom is -0.341 e. The van der Waals surface area contributed by atoms with E-state index >= 15 is 0 Å². The maximum atomic E-state index is 12.0. The normalized spacial score (nSPS) is 19.2. The van der Waals surface area contributed by atoms with Gasteiger partial charge in [0, 0.05) is 25.1 Å². The lowest BCUT2D eigenvalue weighted by molar-refractivity contribution is -0.131. The average molecular weight is 247 g/mol. The summed E-state index contributed by atoms with van der Waals surface area (Å²) < 4.78 is 1.31. The molecule has 5 heteroatoms. The van der Waals surface area contributed by atoms with Gasteiger partial charge in [-0.3, -0.25) is 9.59 Å². The topological polar surface area (TPSA) is 55.2 Å². The van der Waals surface area contributed by atoms with Crippen LogP contribution >= 0.6 is 0 Å². The molecule has 0 unspecified atom stereocenters. The zero-order valence-electron chi connectivity index (χ0n) is 10.3. The fourth-order valence-electron chi connectivity index (χ4n) is 2.37. The van der Waals surface area contributed by atoms with Crippen LogP contribution in [0.5, 0.6) is 0 Å². The summed E-state index contributed by atoms with van der Waals surface area (Å²) in [6, 6.07) is 3.31. The van der Waals surface area contributed by atoms with Gasteiger partial charge in [0.1, 0.15) is 6.54 Å². The van der Waals surface area contributed by atoms with Crippen LogP contribution in [0.1, 0.15) is 37.3 Å². The number of aromatic nitrogens is 2. The van der Waals surface area contributed by atoms with Crippen molar-refractivity contribution < 1.29 is 4.79 Å². The van der Waals surface area contributed by atoms with Crippen molar-refractivity contribution in [1.29, 1.82) is 0 Å². The number of nitrogens with zero attached hydrogens (tertiary/aromatic N) is 3. The highest BCUT2D eigenvalue weighted by molar-refractivity contribution is 5.76. The fraction of sp³-hybridized carbons (Fsp3) is 0.615. The van der Waals surface area contributed by atoms with Crippen LogP contribution in [0.25, 0.3) is 0 Å². The molecule has 1 saturated heterocycles. The molecule has 1 aliphatic heterocycles. The largest absolute Gasteiger partial charge is 0.341 e. The predicted octanol–water partition coefficient (Wildman–Crippen LogP) is 0.743. The van der Waals surface area contributed by atoms with E-state index in [-0.39, 0.29) is 18.0 Å². The molecule has 0 radical (unpaired) electrons. The first kappa shape index (κ1) is 11.4. The van der Waals surface area contributed by atoms with E-state index in [1.807, 2.05) is 4.90 Å². The molecule has 1 saturated carbocycles. The smallest absolute Gasteiger partial charge is 0.267 e. The van der Waals surface area contributed by atoms with E-state index in [4.69, 9.17) is 0 Å². The lowest BCUT2D eigenvalue weighted by Gasteiger charge is -2.15. The molecule has 5 nitrogen and oxygen atoms in total. The molecule has 0 N–H and O–H groups in total. The summed E-state index contributed by atoms with van der Waals surface area (Å²) >= 11 is 0. The Balaban J connectivity index is 1.76. The summed E-state index contributed by atoms with van der Waals surface area (Å²) in [6.45, 7) is 1.71. The second kappa shape index (κ2) is 4.55. The zero-order valence-corrected chi connectivity index (χ0v) is 10.3. The molecule has 0 aromatic carbocycles. The molecule has 2 heterocycles. The van der Waals surface area contributed by atoms with Crippen LogP contribution < -0.4 is 5.56 Å². The Bertz CT molecular complexity index is 513. The van der Waals surface area contributed by atoms with Crippen LogP contribution in [-0.2, 0) is 11.3 Å². The summed E-state index contributed by atoms with van der Waals surface area (Å²) in [5, 5.41) is 4.30. The molecule has 18 heavy (non-hydrogen) atoms.